The van der Waals surface area contributed by atoms with E-state index in [0.717, 1.165) is 83.5 Å². The maximum absolute atomic E-state index is 13.3. The lowest BCUT2D eigenvalue weighted by Gasteiger charge is -2.34. The molecule has 0 atom stereocenters. The summed E-state index contributed by atoms with van der Waals surface area (Å²) in [6.45, 7) is 4.49. The molecular formula is C28H37BrN4O3. The average Bonchev–Trinajstić information content (AvgIpc) is 3.20. The van der Waals surface area contributed by atoms with Crippen LogP contribution in [0, 0.1) is 12.8 Å². The molecule has 1 aliphatic carbocycles. The summed E-state index contributed by atoms with van der Waals surface area (Å²) in [5, 5.41) is 6.50. The highest BCUT2D eigenvalue weighted by molar-refractivity contribution is 9.10. The second-order valence-corrected chi connectivity index (χ2v) is 11.0. The van der Waals surface area contributed by atoms with Gasteiger partial charge in [-0.05, 0) is 89.0 Å². The number of nitrogens with one attached hydrogen (secondary N) is 2. The second-order valence-electron chi connectivity index (χ2n) is 10.2. The third kappa shape index (κ3) is 6.03. The number of ether oxygens (including phenoxy) is 1. The maximum Gasteiger partial charge on any atom is 0.254 e. The summed E-state index contributed by atoms with van der Waals surface area (Å²) >= 11 is 3.70. The monoisotopic (exact) mass is 556 g/mol. The molecule has 4 rings (SSSR count). The van der Waals surface area contributed by atoms with Crippen molar-refractivity contribution in [2.24, 2.45) is 5.92 Å². The van der Waals surface area contributed by atoms with Crippen molar-refractivity contribution in [3.8, 4) is 5.75 Å². The topological polar surface area (TPSA) is 73.9 Å². The van der Waals surface area contributed by atoms with Gasteiger partial charge in [-0.3, -0.25) is 9.59 Å². The highest BCUT2D eigenvalue weighted by Crippen LogP contribution is 2.37. The number of anilines is 2. The Morgan fingerprint density at radius 1 is 1.14 bits per heavy atom. The van der Waals surface area contributed by atoms with E-state index < -0.39 is 0 Å². The van der Waals surface area contributed by atoms with E-state index in [1.54, 1.807) is 7.11 Å². The molecule has 0 saturated heterocycles. The van der Waals surface area contributed by atoms with Crippen LogP contribution in [0.25, 0.3) is 0 Å². The molecule has 1 aliphatic heterocycles. The Hall–Kier alpha value is -2.58. The fourth-order valence-electron chi connectivity index (χ4n) is 5.20. The Kier molecular flexibility index (Phi) is 8.57. The molecule has 36 heavy (non-hydrogen) atoms. The quantitative estimate of drug-likeness (QED) is 0.411. The second kappa shape index (κ2) is 11.6. The number of hydrogen-bond donors (Lipinski definition) is 2. The number of carbonyl (C=O) groups excluding carboxylic acids is 2. The van der Waals surface area contributed by atoms with Gasteiger partial charge in [0, 0.05) is 52.5 Å². The van der Waals surface area contributed by atoms with Crippen LogP contribution in [0.2, 0.25) is 0 Å². The highest BCUT2D eigenvalue weighted by atomic mass is 79.9. The molecule has 2 N–H and O–H groups in total. The van der Waals surface area contributed by atoms with E-state index in [1.807, 2.05) is 36.1 Å². The maximum atomic E-state index is 13.3. The van der Waals surface area contributed by atoms with E-state index in [2.05, 4.69) is 51.6 Å². The first-order valence-corrected chi connectivity index (χ1v) is 13.5. The molecule has 2 aliphatic rings. The van der Waals surface area contributed by atoms with E-state index in [-0.39, 0.29) is 23.8 Å². The summed E-state index contributed by atoms with van der Waals surface area (Å²) < 4.78 is 6.35. The third-order valence-electron chi connectivity index (χ3n) is 7.31. The first-order valence-electron chi connectivity index (χ1n) is 12.7. The molecule has 0 radical (unpaired) electrons. The average molecular weight is 558 g/mol. The van der Waals surface area contributed by atoms with Gasteiger partial charge in [0.25, 0.3) is 5.91 Å². The van der Waals surface area contributed by atoms with Gasteiger partial charge < -0.3 is 25.2 Å². The lowest BCUT2D eigenvalue weighted by atomic mass is 9.84. The molecule has 1 saturated carbocycles. The van der Waals surface area contributed by atoms with Crippen molar-refractivity contribution in [2.75, 3.05) is 44.9 Å². The van der Waals surface area contributed by atoms with Crippen molar-refractivity contribution in [3.63, 3.8) is 0 Å². The summed E-state index contributed by atoms with van der Waals surface area (Å²) in [6, 6.07) is 9.95. The fourth-order valence-corrected chi connectivity index (χ4v) is 5.79. The van der Waals surface area contributed by atoms with Gasteiger partial charge in [0.05, 0.1) is 7.11 Å². The van der Waals surface area contributed by atoms with Gasteiger partial charge in [-0.1, -0.05) is 22.0 Å². The van der Waals surface area contributed by atoms with Crippen LogP contribution in [-0.4, -0.2) is 62.0 Å². The SMILES string of the molecule is COc1cc(NC(=O)C2CCC(N3Cc4c(Br)cc(NCCCN(C)C)cc4C3=O)CC2)ccc1C. The normalized spacial score (nSPS) is 19.4. The summed E-state index contributed by atoms with van der Waals surface area (Å²) in [7, 11) is 5.77. The number of nitrogens with zero attached hydrogens (tertiary/aromatic N) is 2. The Labute approximate surface area is 222 Å². The molecule has 8 heteroatoms. The molecule has 0 aromatic heterocycles. The van der Waals surface area contributed by atoms with Crippen molar-refractivity contribution < 1.29 is 14.3 Å². The Morgan fingerprint density at radius 3 is 2.58 bits per heavy atom. The fraction of sp³-hybridized carbons (Fsp3) is 0.500. The van der Waals surface area contributed by atoms with Crippen molar-refractivity contribution in [3.05, 3.63) is 51.5 Å². The van der Waals surface area contributed by atoms with Crippen LogP contribution in [0.15, 0.2) is 34.8 Å². The van der Waals surface area contributed by atoms with Gasteiger partial charge in [0.2, 0.25) is 5.91 Å². The number of aryl methyl sites for hydroxylation is 1. The first-order chi connectivity index (χ1) is 17.3. The molecule has 0 unspecified atom stereocenters. The van der Waals surface area contributed by atoms with E-state index in [9.17, 15) is 9.59 Å². The minimum Gasteiger partial charge on any atom is -0.496 e. The Bertz CT molecular complexity index is 1110. The van der Waals surface area contributed by atoms with Crippen LogP contribution >= 0.6 is 15.9 Å². The zero-order valence-corrected chi connectivity index (χ0v) is 23.3. The van der Waals surface area contributed by atoms with Crippen LogP contribution in [0.1, 0.15) is 53.6 Å². The lowest BCUT2D eigenvalue weighted by molar-refractivity contribution is -0.121. The molecule has 0 bridgehead atoms. The standard InChI is InChI=1S/C28H37BrN4O3/c1-18-6-9-20(16-26(18)36-4)31-27(34)19-7-10-22(11-8-19)33-17-24-23(28(33)35)14-21(15-25(24)29)30-12-5-13-32(2)3/h6,9,14-16,19,22,30H,5,7-8,10-13,17H2,1-4H3,(H,31,34). The van der Waals surface area contributed by atoms with E-state index in [0.29, 0.717) is 6.54 Å². The van der Waals surface area contributed by atoms with Crippen LogP contribution in [0.5, 0.6) is 5.75 Å². The number of benzene rings is 2. The summed E-state index contributed by atoms with van der Waals surface area (Å²) in [5.41, 5.74) is 4.61. The molecule has 2 amide bonds. The predicted octanol–water partition coefficient (Wildman–Crippen LogP) is 5.28. The van der Waals surface area contributed by atoms with Crippen LogP contribution < -0.4 is 15.4 Å². The van der Waals surface area contributed by atoms with Crippen molar-refractivity contribution in [1.29, 1.82) is 0 Å². The molecule has 0 spiro atoms. The van der Waals surface area contributed by atoms with Crippen molar-refractivity contribution >= 4 is 39.1 Å². The summed E-state index contributed by atoms with van der Waals surface area (Å²) in [6.07, 6.45) is 4.26. The Morgan fingerprint density at radius 2 is 1.89 bits per heavy atom. The smallest absolute Gasteiger partial charge is 0.254 e. The zero-order chi connectivity index (χ0) is 25.8. The van der Waals surface area contributed by atoms with E-state index in [1.165, 1.54) is 0 Å². The van der Waals surface area contributed by atoms with Crippen molar-refractivity contribution in [1.82, 2.24) is 9.80 Å². The number of hydrogen-bond acceptors (Lipinski definition) is 5. The lowest BCUT2D eigenvalue weighted by Crippen LogP contribution is -2.40. The van der Waals surface area contributed by atoms with Gasteiger partial charge in [-0.2, -0.15) is 0 Å². The highest BCUT2D eigenvalue weighted by Gasteiger charge is 2.37. The minimum atomic E-state index is -0.0432. The number of methoxy groups -OCH3 is 1. The van der Waals surface area contributed by atoms with E-state index in [4.69, 9.17) is 4.74 Å². The molecule has 2 aromatic carbocycles. The minimum absolute atomic E-state index is 0.0432. The predicted molar refractivity (Wildman–Crippen MR) is 148 cm³/mol. The zero-order valence-electron chi connectivity index (χ0n) is 21.7. The molecular weight excluding hydrogens is 520 g/mol. The number of carbonyl (C=O) groups is 2. The number of halogens is 1. The van der Waals surface area contributed by atoms with Crippen LogP contribution in [0.4, 0.5) is 11.4 Å². The summed E-state index contributed by atoms with van der Waals surface area (Å²) in [4.78, 5) is 30.4. The largest absolute Gasteiger partial charge is 0.496 e. The van der Waals surface area contributed by atoms with Gasteiger partial charge in [0.15, 0.2) is 0 Å². The molecule has 1 heterocycles. The molecule has 1 fully saturated rings. The van der Waals surface area contributed by atoms with Crippen LogP contribution in [0.3, 0.4) is 0 Å². The number of rotatable bonds is 9. The van der Waals surface area contributed by atoms with Gasteiger partial charge in [-0.25, -0.2) is 0 Å². The summed E-state index contributed by atoms with van der Waals surface area (Å²) in [5.74, 6) is 0.866. The number of fused-ring (bicyclic) bond motifs is 1. The first kappa shape index (κ1) is 26.5. The number of amides is 2. The van der Waals surface area contributed by atoms with Gasteiger partial charge in [-0.15, -0.1) is 0 Å². The third-order valence-corrected chi connectivity index (χ3v) is 8.02. The Balaban J connectivity index is 1.32. The van der Waals surface area contributed by atoms with Gasteiger partial charge >= 0.3 is 0 Å². The van der Waals surface area contributed by atoms with Crippen LogP contribution in [-0.2, 0) is 11.3 Å². The molecule has 194 valence electrons. The van der Waals surface area contributed by atoms with E-state index >= 15 is 0 Å². The molecule has 7 nitrogen and oxygen atoms in total. The molecule has 2 aromatic rings. The van der Waals surface area contributed by atoms with Crippen molar-refractivity contribution in [2.45, 2.75) is 51.6 Å². The van der Waals surface area contributed by atoms with Gasteiger partial charge in [0.1, 0.15) is 5.75 Å².